The van der Waals surface area contributed by atoms with E-state index in [2.05, 4.69) is 20.5 Å². The summed E-state index contributed by atoms with van der Waals surface area (Å²) < 4.78 is 64.7. The summed E-state index contributed by atoms with van der Waals surface area (Å²) in [4.78, 5) is 4.58. The van der Waals surface area contributed by atoms with E-state index in [0.29, 0.717) is 14.6 Å². The summed E-state index contributed by atoms with van der Waals surface area (Å²) in [5, 5.41) is 11.4. The van der Waals surface area contributed by atoms with Crippen LogP contribution in [0.3, 0.4) is 0 Å². The van der Waals surface area contributed by atoms with Crippen molar-refractivity contribution in [3.05, 3.63) is 48.0 Å². The number of aromatic nitrogens is 5. The highest BCUT2D eigenvalue weighted by atomic mass is 32.2. The maximum Gasteiger partial charge on any atom is 0.416 e. The van der Waals surface area contributed by atoms with E-state index in [1.165, 1.54) is 40.3 Å². The summed E-state index contributed by atoms with van der Waals surface area (Å²) in [6.07, 6.45) is -3.37. The lowest BCUT2D eigenvalue weighted by atomic mass is 10.2. The monoisotopic (exact) mass is 457 g/mol. The third-order valence-corrected chi connectivity index (χ3v) is 6.93. The van der Waals surface area contributed by atoms with Crippen molar-refractivity contribution in [2.24, 2.45) is 0 Å². The standard InChI is InChI=1S/C16H10F3N5O2S3/c1-29(25,26)11-5-6-12-13(8-11)27-15(20-12)28-14-21-22-23-24(14)10-4-2-3-9(7-10)16(17,18)19/h2-8H,1H3. The predicted octanol–water partition coefficient (Wildman–Crippen LogP) is 3.85. The van der Waals surface area contributed by atoms with Gasteiger partial charge < -0.3 is 0 Å². The number of fused-ring (bicyclic) bond motifs is 1. The molecule has 150 valence electrons. The first-order chi connectivity index (χ1) is 13.6. The van der Waals surface area contributed by atoms with E-state index in [-0.39, 0.29) is 15.7 Å². The van der Waals surface area contributed by atoms with Crippen LogP contribution >= 0.6 is 23.1 Å². The van der Waals surface area contributed by atoms with Crippen molar-refractivity contribution in [3.63, 3.8) is 0 Å². The van der Waals surface area contributed by atoms with Crippen molar-refractivity contribution >= 4 is 43.2 Å². The van der Waals surface area contributed by atoms with Crippen molar-refractivity contribution in [2.75, 3.05) is 6.26 Å². The molecule has 4 rings (SSSR count). The van der Waals surface area contributed by atoms with Crippen molar-refractivity contribution in [1.29, 1.82) is 0 Å². The van der Waals surface area contributed by atoms with E-state index in [1.54, 1.807) is 6.07 Å². The molecule has 0 atom stereocenters. The molecule has 2 aromatic carbocycles. The molecule has 7 nitrogen and oxygen atoms in total. The van der Waals surface area contributed by atoms with Gasteiger partial charge in [0, 0.05) is 6.26 Å². The number of benzene rings is 2. The highest BCUT2D eigenvalue weighted by Gasteiger charge is 2.31. The third-order valence-electron chi connectivity index (χ3n) is 3.81. The first kappa shape index (κ1) is 19.8. The minimum absolute atomic E-state index is 0.160. The number of thiazole rings is 1. The van der Waals surface area contributed by atoms with Crippen LogP contribution in [-0.2, 0) is 16.0 Å². The Balaban J connectivity index is 1.68. The summed E-state index contributed by atoms with van der Waals surface area (Å²) in [5.74, 6) is 0. The van der Waals surface area contributed by atoms with Gasteiger partial charge in [0.25, 0.3) is 0 Å². The fourth-order valence-corrected chi connectivity index (χ4v) is 5.18. The van der Waals surface area contributed by atoms with Crippen LogP contribution in [0.4, 0.5) is 13.2 Å². The van der Waals surface area contributed by atoms with Gasteiger partial charge in [0.1, 0.15) is 0 Å². The first-order valence-electron chi connectivity index (χ1n) is 7.86. The SMILES string of the molecule is CS(=O)(=O)c1ccc2nc(Sc3nnnn3-c3cccc(C(F)(F)F)c3)sc2c1. The maximum absolute atomic E-state index is 13.0. The Kier molecular flexibility index (Phi) is 4.83. The van der Waals surface area contributed by atoms with E-state index in [4.69, 9.17) is 0 Å². The highest BCUT2D eigenvalue weighted by molar-refractivity contribution is 8.01. The molecule has 0 bridgehead atoms. The molecule has 0 unspecified atom stereocenters. The van der Waals surface area contributed by atoms with Crippen LogP contribution in [0.15, 0.2) is 56.9 Å². The molecule has 0 saturated heterocycles. The normalized spacial score (nSPS) is 12.6. The molecule has 29 heavy (non-hydrogen) atoms. The molecule has 0 N–H and O–H groups in total. The number of tetrazole rings is 1. The molecule has 0 aliphatic carbocycles. The Morgan fingerprint density at radius 3 is 2.66 bits per heavy atom. The number of halogens is 3. The summed E-state index contributed by atoms with van der Waals surface area (Å²) >= 11 is 2.31. The molecule has 0 radical (unpaired) electrons. The lowest BCUT2D eigenvalue weighted by Crippen LogP contribution is -2.07. The first-order valence-corrected chi connectivity index (χ1v) is 11.4. The summed E-state index contributed by atoms with van der Waals surface area (Å²) in [6.45, 7) is 0. The Morgan fingerprint density at radius 1 is 1.14 bits per heavy atom. The van der Waals surface area contributed by atoms with Crippen molar-refractivity contribution in [1.82, 2.24) is 25.2 Å². The second kappa shape index (κ2) is 7.07. The fourth-order valence-electron chi connectivity index (χ4n) is 2.45. The van der Waals surface area contributed by atoms with Crippen LogP contribution in [0.2, 0.25) is 0 Å². The van der Waals surface area contributed by atoms with Gasteiger partial charge in [0.2, 0.25) is 5.16 Å². The molecule has 0 spiro atoms. The Labute approximate surface area is 170 Å². The van der Waals surface area contributed by atoms with Crippen LogP contribution in [0.5, 0.6) is 0 Å². The van der Waals surface area contributed by atoms with Gasteiger partial charge in [0.05, 0.1) is 26.4 Å². The molecule has 4 aromatic rings. The van der Waals surface area contributed by atoms with Gasteiger partial charge >= 0.3 is 6.18 Å². The molecule has 13 heteroatoms. The van der Waals surface area contributed by atoms with Gasteiger partial charge in [-0.15, -0.1) is 16.4 Å². The smallest absolute Gasteiger partial charge is 0.229 e. The van der Waals surface area contributed by atoms with Crippen LogP contribution in [-0.4, -0.2) is 39.9 Å². The van der Waals surface area contributed by atoms with E-state index in [0.717, 1.165) is 30.2 Å². The van der Waals surface area contributed by atoms with Gasteiger partial charge in [-0.2, -0.15) is 17.9 Å². The van der Waals surface area contributed by atoms with Crippen LogP contribution < -0.4 is 0 Å². The number of alkyl halides is 3. The Hall–Kier alpha value is -2.51. The van der Waals surface area contributed by atoms with Crippen LogP contribution in [0, 0.1) is 0 Å². The van der Waals surface area contributed by atoms with Crippen molar-refractivity contribution < 1.29 is 21.6 Å². The lowest BCUT2D eigenvalue weighted by molar-refractivity contribution is -0.137. The van der Waals surface area contributed by atoms with Gasteiger partial charge in [-0.3, -0.25) is 0 Å². The molecule has 2 aromatic heterocycles. The molecule has 0 saturated carbocycles. The van der Waals surface area contributed by atoms with Gasteiger partial charge in [-0.25, -0.2) is 13.4 Å². The Bertz CT molecular complexity index is 1310. The summed E-state index contributed by atoms with van der Waals surface area (Å²) in [7, 11) is -3.35. The average Bonchev–Trinajstić information content (AvgIpc) is 3.26. The molecule has 0 aliphatic heterocycles. The topological polar surface area (TPSA) is 90.6 Å². The quantitative estimate of drug-likeness (QED) is 0.460. The molecular formula is C16H10F3N5O2S3. The zero-order valence-electron chi connectivity index (χ0n) is 14.5. The number of hydrogen-bond acceptors (Lipinski definition) is 8. The van der Waals surface area contributed by atoms with Gasteiger partial charge in [-0.1, -0.05) is 6.07 Å². The third kappa shape index (κ3) is 4.11. The minimum atomic E-state index is -4.48. The van der Waals surface area contributed by atoms with Gasteiger partial charge in [-0.05, 0) is 58.6 Å². The number of hydrogen-bond donors (Lipinski definition) is 0. The summed E-state index contributed by atoms with van der Waals surface area (Å²) in [6, 6.07) is 9.26. The molecule has 0 fully saturated rings. The van der Waals surface area contributed by atoms with E-state index < -0.39 is 21.6 Å². The fraction of sp³-hybridized carbons (Fsp3) is 0.125. The number of sulfone groups is 1. The van der Waals surface area contributed by atoms with Crippen molar-refractivity contribution in [3.8, 4) is 5.69 Å². The largest absolute Gasteiger partial charge is 0.416 e. The van der Waals surface area contributed by atoms with Crippen LogP contribution in [0.25, 0.3) is 15.9 Å². The second-order valence-electron chi connectivity index (χ2n) is 5.90. The Morgan fingerprint density at radius 2 is 1.93 bits per heavy atom. The van der Waals surface area contributed by atoms with E-state index in [1.807, 2.05) is 0 Å². The van der Waals surface area contributed by atoms with E-state index in [9.17, 15) is 21.6 Å². The number of rotatable bonds is 4. The van der Waals surface area contributed by atoms with E-state index >= 15 is 0 Å². The predicted molar refractivity (Wildman–Crippen MR) is 101 cm³/mol. The lowest BCUT2D eigenvalue weighted by Gasteiger charge is -2.08. The van der Waals surface area contributed by atoms with Crippen LogP contribution in [0.1, 0.15) is 5.56 Å². The summed E-state index contributed by atoms with van der Waals surface area (Å²) in [5.41, 5.74) is -0.0504. The zero-order valence-corrected chi connectivity index (χ0v) is 16.9. The molecule has 0 amide bonds. The molecule has 0 aliphatic rings. The molecule has 2 heterocycles. The highest BCUT2D eigenvalue weighted by Crippen LogP contribution is 2.35. The molecular weight excluding hydrogens is 447 g/mol. The zero-order chi connectivity index (χ0) is 20.8. The van der Waals surface area contributed by atoms with Gasteiger partial charge in [0.15, 0.2) is 14.2 Å². The second-order valence-corrected chi connectivity index (χ2v) is 10.2. The minimum Gasteiger partial charge on any atom is -0.229 e. The number of nitrogens with zero attached hydrogens (tertiary/aromatic N) is 5. The van der Waals surface area contributed by atoms with Crippen molar-refractivity contribution in [2.45, 2.75) is 20.6 Å². The maximum atomic E-state index is 13.0. The average molecular weight is 457 g/mol.